The van der Waals surface area contributed by atoms with Gasteiger partial charge in [0.15, 0.2) is 0 Å². The number of nitrogens with one attached hydrogen (secondary N) is 1. The van der Waals surface area contributed by atoms with Crippen LogP contribution in [-0.2, 0) is 10.0 Å². The molecule has 1 aromatic carbocycles. The first kappa shape index (κ1) is 14.6. The van der Waals surface area contributed by atoms with Crippen LogP contribution in [0, 0.1) is 0 Å². The van der Waals surface area contributed by atoms with E-state index in [0.717, 1.165) is 0 Å². The van der Waals surface area contributed by atoms with E-state index in [1.54, 1.807) is 28.6 Å². The van der Waals surface area contributed by atoms with Crippen molar-refractivity contribution < 1.29 is 8.42 Å². The molecule has 0 bridgehead atoms. The van der Waals surface area contributed by atoms with Gasteiger partial charge in [-0.3, -0.25) is 5.84 Å². The number of nitrogens with zero attached hydrogens (tertiary/aromatic N) is 1. The summed E-state index contributed by atoms with van der Waals surface area (Å²) >= 11 is 1.82. The van der Waals surface area contributed by atoms with Crippen molar-refractivity contribution in [3.8, 4) is 0 Å². The minimum atomic E-state index is -3.49. The quantitative estimate of drug-likeness (QED) is 0.653. The number of nitrogens with two attached hydrogens (primary N) is 1. The van der Waals surface area contributed by atoms with E-state index in [9.17, 15) is 8.42 Å². The Labute approximate surface area is 118 Å². The topological polar surface area (TPSA) is 75.4 Å². The maximum absolute atomic E-state index is 12.7. The number of benzene rings is 1. The lowest BCUT2D eigenvalue weighted by molar-refractivity contribution is 0.405. The number of rotatable bonds is 3. The van der Waals surface area contributed by atoms with Crippen molar-refractivity contribution in [3.63, 3.8) is 0 Å². The fourth-order valence-corrected chi connectivity index (χ4v) is 5.56. The molecule has 19 heavy (non-hydrogen) atoms. The summed E-state index contributed by atoms with van der Waals surface area (Å²) in [5.41, 5.74) is 2.88. The van der Waals surface area contributed by atoms with E-state index >= 15 is 0 Å². The summed E-state index contributed by atoms with van der Waals surface area (Å²) in [5.74, 6) is 5.39. The molecule has 3 N–H and O–H groups in total. The van der Waals surface area contributed by atoms with Crippen LogP contribution in [0.15, 0.2) is 29.2 Å². The SMILES string of the molecule is CC1CN(S(=O)(=O)c2ccccc2NN)CC(C)S1. The number of hydrogen-bond donors (Lipinski definition) is 2. The van der Waals surface area contributed by atoms with Gasteiger partial charge in [-0.15, -0.1) is 0 Å². The molecule has 1 heterocycles. The van der Waals surface area contributed by atoms with Crippen molar-refractivity contribution in [1.82, 2.24) is 4.31 Å². The molecule has 0 spiro atoms. The highest BCUT2D eigenvalue weighted by molar-refractivity contribution is 8.00. The van der Waals surface area contributed by atoms with Crippen molar-refractivity contribution in [1.29, 1.82) is 0 Å². The fraction of sp³-hybridized carbons (Fsp3) is 0.500. The second-order valence-corrected chi connectivity index (χ2v) is 8.51. The van der Waals surface area contributed by atoms with Gasteiger partial charge in [-0.05, 0) is 12.1 Å². The summed E-state index contributed by atoms with van der Waals surface area (Å²) in [6, 6.07) is 6.71. The lowest BCUT2D eigenvalue weighted by Crippen LogP contribution is -2.44. The van der Waals surface area contributed by atoms with E-state index in [4.69, 9.17) is 5.84 Å². The molecule has 5 nitrogen and oxygen atoms in total. The number of para-hydroxylation sites is 1. The van der Waals surface area contributed by atoms with E-state index < -0.39 is 10.0 Å². The van der Waals surface area contributed by atoms with Gasteiger partial charge in [-0.2, -0.15) is 16.1 Å². The molecule has 7 heteroatoms. The van der Waals surface area contributed by atoms with Gasteiger partial charge in [-0.25, -0.2) is 8.42 Å². The molecular weight excluding hydrogens is 282 g/mol. The molecule has 0 aromatic heterocycles. The molecule has 2 atom stereocenters. The van der Waals surface area contributed by atoms with Crippen molar-refractivity contribution in [2.45, 2.75) is 29.2 Å². The molecule has 2 unspecified atom stereocenters. The number of hydrazine groups is 1. The minimum absolute atomic E-state index is 0.240. The molecule has 0 aliphatic carbocycles. The smallest absolute Gasteiger partial charge is 0.245 e. The second kappa shape index (κ2) is 5.70. The molecule has 1 saturated heterocycles. The number of nitrogen functional groups attached to an aromatic ring is 1. The number of anilines is 1. The standard InChI is InChI=1S/C12H19N3O2S2/c1-9-7-15(8-10(2)18-9)19(16,17)12-6-4-3-5-11(12)14-13/h3-6,9-10,14H,7-8,13H2,1-2H3. The normalized spacial score (nSPS) is 25.2. The summed E-state index contributed by atoms with van der Waals surface area (Å²) in [5, 5.41) is 0.605. The molecule has 1 aliphatic heterocycles. The average molecular weight is 301 g/mol. The molecule has 106 valence electrons. The summed E-state index contributed by atoms with van der Waals surface area (Å²) < 4.78 is 26.9. The van der Waals surface area contributed by atoms with Crippen LogP contribution in [0.5, 0.6) is 0 Å². The predicted molar refractivity (Wildman–Crippen MR) is 79.5 cm³/mol. The van der Waals surface area contributed by atoms with Crippen LogP contribution in [0.2, 0.25) is 0 Å². The third-order valence-electron chi connectivity index (χ3n) is 3.05. The van der Waals surface area contributed by atoms with Crippen molar-refractivity contribution in [2.75, 3.05) is 18.5 Å². The van der Waals surface area contributed by atoms with Gasteiger partial charge in [0.25, 0.3) is 0 Å². The van der Waals surface area contributed by atoms with Gasteiger partial charge in [0.05, 0.1) is 5.69 Å². The molecule has 0 radical (unpaired) electrons. The van der Waals surface area contributed by atoms with E-state index in [2.05, 4.69) is 19.3 Å². The Morgan fingerprint density at radius 1 is 1.26 bits per heavy atom. The Bertz CT molecular complexity index is 538. The zero-order chi connectivity index (χ0) is 14.0. The lowest BCUT2D eigenvalue weighted by Gasteiger charge is -2.34. The Balaban J connectivity index is 2.36. The molecular formula is C12H19N3O2S2. The van der Waals surface area contributed by atoms with Gasteiger partial charge in [0.1, 0.15) is 4.90 Å². The van der Waals surface area contributed by atoms with Gasteiger partial charge in [0.2, 0.25) is 10.0 Å². The van der Waals surface area contributed by atoms with Crippen molar-refractivity contribution >= 4 is 27.5 Å². The molecule has 1 aliphatic rings. The third kappa shape index (κ3) is 3.05. The lowest BCUT2D eigenvalue weighted by atomic mass is 10.3. The maximum Gasteiger partial charge on any atom is 0.245 e. The van der Waals surface area contributed by atoms with Gasteiger partial charge < -0.3 is 5.43 Å². The second-order valence-electron chi connectivity index (χ2n) is 4.72. The summed E-state index contributed by atoms with van der Waals surface area (Å²) in [7, 11) is -3.49. The highest BCUT2D eigenvalue weighted by atomic mass is 32.2. The van der Waals surface area contributed by atoms with Crippen LogP contribution in [0.1, 0.15) is 13.8 Å². The average Bonchev–Trinajstić information content (AvgIpc) is 2.37. The molecule has 0 amide bonds. The Hall–Kier alpha value is -0.760. The van der Waals surface area contributed by atoms with Gasteiger partial charge in [0, 0.05) is 23.6 Å². The third-order valence-corrected chi connectivity index (χ3v) is 6.16. The van der Waals surface area contributed by atoms with E-state index in [1.807, 2.05) is 11.8 Å². The Morgan fingerprint density at radius 2 is 1.84 bits per heavy atom. The van der Waals surface area contributed by atoms with Crippen molar-refractivity contribution in [3.05, 3.63) is 24.3 Å². The number of hydrogen-bond acceptors (Lipinski definition) is 5. The summed E-state index contributed by atoms with van der Waals surface area (Å²) in [6.07, 6.45) is 0. The monoisotopic (exact) mass is 301 g/mol. The van der Waals surface area contributed by atoms with Gasteiger partial charge in [-0.1, -0.05) is 26.0 Å². The Kier molecular flexibility index (Phi) is 4.39. The zero-order valence-electron chi connectivity index (χ0n) is 11.0. The van der Waals surface area contributed by atoms with Crippen molar-refractivity contribution in [2.24, 2.45) is 5.84 Å². The van der Waals surface area contributed by atoms with E-state index in [1.165, 1.54) is 0 Å². The minimum Gasteiger partial charge on any atom is -0.323 e. The molecule has 1 aromatic rings. The van der Waals surface area contributed by atoms with Crippen LogP contribution in [0.25, 0.3) is 0 Å². The maximum atomic E-state index is 12.7. The molecule has 0 saturated carbocycles. The van der Waals surface area contributed by atoms with E-state index in [0.29, 0.717) is 29.3 Å². The zero-order valence-corrected chi connectivity index (χ0v) is 12.7. The number of sulfonamides is 1. The van der Waals surface area contributed by atoms with Gasteiger partial charge >= 0.3 is 0 Å². The first-order valence-corrected chi connectivity index (χ1v) is 8.54. The molecule has 2 rings (SSSR count). The first-order valence-electron chi connectivity index (χ1n) is 6.16. The molecule has 1 fully saturated rings. The van der Waals surface area contributed by atoms with Crippen LogP contribution in [0.4, 0.5) is 5.69 Å². The van der Waals surface area contributed by atoms with Crippen LogP contribution in [-0.4, -0.2) is 36.3 Å². The highest BCUT2D eigenvalue weighted by Crippen LogP contribution is 2.31. The first-order chi connectivity index (χ1) is 8.95. The number of thioether (sulfide) groups is 1. The largest absolute Gasteiger partial charge is 0.323 e. The summed E-state index contributed by atoms with van der Waals surface area (Å²) in [4.78, 5) is 0.240. The van der Waals surface area contributed by atoms with Crippen LogP contribution >= 0.6 is 11.8 Å². The van der Waals surface area contributed by atoms with Crippen LogP contribution < -0.4 is 11.3 Å². The Morgan fingerprint density at radius 3 is 2.42 bits per heavy atom. The fourth-order valence-electron chi connectivity index (χ4n) is 2.28. The van der Waals surface area contributed by atoms with E-state index in [-0.39, 0.29) is 4.90 Å². The van der Waals surface area contributed by atoms with Crippen LogP contribution in [0.3, 0.4) is 0 Å². The predicted octanol–water partition coefficient (Wildman–Crippen LogP) is 1.49. The summed E-state index contributed by atoms with van der Waals surface area (Å²) in [6.45, 7) is 5.18. The highest BCUT2D eigenvalue weighted by Gasteiger charge is 2.33.